The zero-order valence-electron chi connectivity index (χ0n) is 27.4. The first kappa shape index (κ1) is 28.5. The van der Waals surface area contributed by atoms with Crippen LogP contribution in [0.5, 0.6) is 0 Å². The molecular formula is C46H32N4. The summed E-state index contributed by atoms with van der Waals surface area (Å²) in [5.74, 6) is 1.62. The lowest BCUT2D eigenvalue weighted by molar-refractivity contribution is 0.876. The molecule has 1 aliphatic rings. The van der Waals surface area contributed by atoms with E-state index in [1.807, 2.05) is 24.3 Å². The van der Waals surface area contributed by atoms with Crippen molar-refractivity contribution in [2.45, 2.75) is 12.8 Å². The molecule has 4 nitrogen and oxygen atoms in total. The Morgan fingerprint density at radius 1 is 0.440 bits per heavy atom. The maximum Gasteiger partial charge on any atom is 0.162 e. The van der Waals surface area contributed by atoms with Gasteiger partial charge in [-0.3, -0.25) is 4.57 Å². The van der Waals surface area contributed by atoms with E-state index in [9.17, 15) is 0 Å². The van der Waals surface area contributed by atoms with Crippen LogP contribution in [0.3, 0.4) is 0 Å². The van der Waals surface area contributed by atoms with Crippen LogP contribution in [0, 0.1) is 0 Å². The Morgan fingerprint density at radius 3 is 1.82 bits per heavy atom. The van der Waals surface area contributed by atoms with Crippen LogP contribution in [0.15, 0.2) is 164 Å². The molecule has 236 valence electrons. The predicted octanol–water partition coefficient (Wildman–Crippen LogP) is 11.3. The van der Waals surface area contributed by atoms with Crippen molar-refractivity contribution in [1.82, 2.24) is 19.1 Å². The minimum Gasteiger partial charge on any atom is -0.309 e. The van der Waals surface area contributed by atoms with Gasteiger partial charge in [-0.1, -0.05) is 121 Å². The first-order valence-corrected chi connectivity index (χ1v) is 17.2. The average Bonchev–Trinajstić information content (AvgIpc) is 3.71. The van der Waals surface area contributed by atoms with Gasteiger partial charge in [-0.2, -0.15) is 0 Å². The number of hydrogen-bond donors (Lipinski definition) is 0. The molecule has 0 aliphatic heterocycles. The van der Waals surface area contributed by atoms with Crippen molar-refractivity contribution in [2.24, 2.45) is 0 Å². The van der Waals surface area contributed by atoms with Crippen LogP contribution in [0.4, 0.5) is 0 Å². The molecule has 0 spiro atoms. The summed E-state index contributed by atoms with van der Waals surface area (Å²) in [6, 6.07) is 58.0. The highest BCUT2D eigenvalue weighted by Crippen LogP contribution is 2.41. The van der Waals surface area contributed by atoms with Gasteiger partial charge in [0.25, 0.3) is 0 Å². The van der Waals surface area contributed by atoms with Crippen LogP contribution in [-0.2, 0) is 6.42 Å². The van der Waals surface area contributed by atoms with Crippen molar-refractivity contribution >= 4 is 44.4 Å². The number of nitrogens with zero attached hydrogens (tertiary/aromatic N) is 4. The Morgan fingerprint density at radius 2 is 1.06 bits per heavy atom. The van der Waals surface area contributed by atoms with Gasteiger partial charge in [0.1, 0.15) is 5.82 Å². The number of allylic oxidation sites excluding steroid dienone is 1. The molecule has 6 aromatic carbocycles. The second kappa shape index (κ2) is 11.6. The first-order valence-electron chi connectivity index (χ1n) is 17.2. The van der Waals surface area contributed by atoms with Crippen LogP contribution in [0.2, 0.25) is 0 Å². The summed E-state index contributed by atoms with van der Waals surface area (Å²) in [4.78, 5) is 10.3. The first-order chi connectivity index (χ1) is 24.8. The van der Waals surface area contributed by atoms with Crippen molar-refractivity contribution in [3.8, 4) is 34.2 Å². The molecule has 0 N–H and O–H groups in total. The summed E-state index contributed by atoms with van der Waals surface area (Å²) >= 11 is 0. The lowest BCUT2D eigenvalue weighted by atomic mass is 9.90. The van der Waals surface area contributed by atoms with E-state index >= 15 is 0 Å². The molecule has 0 amide bonds. The molecule has 3 heterocycles. The van der Waals surface area contributed by atoms with Crippen molar-refractivity contribution in [3.05, 3.63) is 181 Å². The summed E-state index contributed by atoms with van der Waals surface area (Å²) in [5.41, 5.74) is 13.0. The van der Waals surface area contributed by atoms with Crippen LogP contribution >= 0.6 is 0 Å². The van der Waals surface area contributed by atoms with E-state index in [0.29, 0.717) is 0 Å². The fourth-order valence-electron chi connectivity index (χ4n) is 7.76. The Balaban J connectivity index is 1.15. The molecule has 0 saturated carbocycles. The van der Waals surface area contributed by atoms with Crippen LogP contribution < -0.4 is 0 Å². The third kappa shape index (κ3) is 4.61. The lowest BCUT2D eigenvalue weighted by Gasteiger charge is -2.18. The summed E-state index contributed by atoms with van der Waals surface area (Å²) in [7, 11) is 0. The molecule has 50 heavy (non-hydrogen) atoms. The molecule has 0 unspecified atom stereocenters. The maximum atomic E-state index is 5.23. The highest BCUT2D eigenvalue weighted by molar-refractivity contribution is 6.10. The summed E-state index contributed by atoms with van der Waals surface area (Å²) in [5, 5.41) is 3.79. The minimum atomic E-state index is 0.725. The van der Waals surface area contributed by atoms with E-state index in [4.69, 9.17) is 9.97 Å². The van der Waals surface area contributed by atoms with E-state index < -0.39 is 0 Å². The summed E-state index contributed by atoms with van der Waals surface area (Å²) < 4.78 is 4.75. The van der Waals surface area contributed by atoms with E-state index in [1.54, 1.807) is 0 Å². The highest BCUT2D eigenvalue weighted by atomic mass is 15.1. The zero-order chi connectivity index (χ0) is 33.0. The molecule has 0 saturated heterocycles. The molecule has 10 rings (SSSR count). The SMILES string of the molecule is C1=C(c2ccc3c(c2)c2ccccc2n3-c2ccccc2)CCc2c1c1ccccc1n2-c1cc(-c2ccccc2)nc(-c2ccccc2)n1. The second-order valence-electron chi connectivity index (χ2n) is 13.0. The molecule has 3 aromatic heterocycles. The Labute approximate surface area is 290 Å². The van der Waals surface area contributed by atoms with Crippen LogP contribution in [0.25, 0.3) is 78.5 Å². The van der Waals surface area contributed by atoms with Gasteiger partial charge in [-0.15, -0.1) is 0 Å². The van der Waals surface area contributed by atoms with Gasteiger partial charge < -0.3 is 4.57 Å². The highest BCUT2D eigenvalue weighted by Gasteiger charge is 2.24. The fraction of sp³-hybridized carbons (Fsp3) is 0.0435. The van der Waals surface area contributed by atoms with Gasteiger partial charge in [-0.05, 0) is 66.5 Å². The van der Waals surface area contributed by atoms with Gasteiger partial charge in [0.2, 0.25) is 0 Å². The number of aromatic nitrogens is 4. The molecule has 4 heteroatoms. The lowest BCUT2D eigenvalue weighted by Crippen LogP contribution is -2.08. The molecule has 9 aromatic rings. The van der Waals surface area contributed by atoms with E-state index in [-0.39, 0.29) is 0 Å². The van der Waals surface area contributed by atoms with Crippen molar-refractivity contribution in [2.75, 3.05) is 0 Å². The molecule has 0 bridgehead atoms. The topological polar surface area (TPSA) is 35.6 Å². The standard InChI is InChI=1S/C46H32N4/c1-4-14-31(15-5-1)40-30-45(48-46(47-40)32-16-6-2-7-17-32)50-42-23-13-11-21-37(42)39-29-34(25-27-44(39)50)33-24-26-43-38(28-33)36-20-10-12-22-41(36)49(43)35-18-8-3-9-19-35/h1-24,26,28-30H,25,27H2. The molecule has 0 radical (unpaired) electrons. The van der Waals surface area contributed by atoms with Gasteiger partial charge in [0, 0.05) is 50.3 Å². The minimum absolute atomic E-state index is 0.725. The molecule has 1 aliphatic carbocycles. The zero-order valence-corrected chi connectivity index (χ0v) is 27.4. The average molecular weight is 641 g/mol. The third-order valence-corrected chi connectivity index (χ3v) is 10.1. The number of benzene rings is 6. The number of para-hydroxylation sites is 3. The van der Waals surface area contributed by atoms with E-state index in [0.717, 1.165) is 46.8 Å². The second-order valence-corrected chi connectivity index (χ2v) is 13.0. The van der Waals surface area contributed by atoms with Gasteiger partial charge in [0.15, 0.2) is 5.82 Å². The quantitative estimate of drug-likeness (QED) is 0.188. The Hall–Kier alpha value is -6.52. The van der Waals surface area contributed by atoms with E-state index in [2.05, 4.69) is 155 Å². The Bertz CT molecular complexity index is 2680. The van der Waals surface area contributed by atoms with Crippen LogP contribution in [0.1, 0.15) is 23.2 Å². The van der Waals surface area contributed by atoms with Crippen molar-refractivity contribution < 1.29 is 0 Å². The van der Waals surface area contributed by atoms with E-state index in [1.165, 1.54) is 55.3 Å². The molecule has 0 fully saturated rings. The number of hydrogen-bond acceptors (Lipinski definition) is 2. The summed E-state index contributed by atoms with van der Waals surface area (Å²) in [6.45, 7) is 0. The normalized spacial score (nSPS) is 12.8. The molecular weight excluding hydrogens is 609 g/mol. The fourth-order valence-corrected chi connectivity index (χ4v) is 7.76. The Kier molecular flexibility index (Phi) is 6.59. The van der Waals surface area contributed by atoms with Crippen molar-refractivity contribution in [1.29, 1.82) is 0 Å². The smallest absolute Gasteiger partial charge is 0.162 e. The monoisotopic (exact) mass is 640 g/mol. The largest absolute Gasteiger partial charge is 0.309 e. The van der Waals surface area contributed by atoms with Gasteiger partial charge in [0.05, 0.1) is 22.2 Å². The van der Waals surface area contributed by atoms with Crippen molar-refractivity contribution in [3.63, 3.8) is 0 Å². The van der Waals surface area contributed by atoms with Gasteiger partial charge in [-0.25, -0.2) is 9.97 Å². The van der Waals surface area contributed by atoms with Gasteiger partial charge >= 0.3 is 0 Å². The number of rotatable bonds is 5. The van der Waals surface area contributed by atoms with Crippen LogP contribution in [-0.4, -0.2) is 19.1 Å². The maximum absolute atomic E-state index is 5.23. The number of fused-ring (bicyclic) bond motifs is 6. The predicted molar refractivity (Wildman–Crippen MR) is 207 cm³/mol. The molecule has 0 atom stereocenters. The third-order valence-electron chi connectivity index (χ3n) is 10.1. The summed E-state index contributed by atoms with van der Waals surface area (Å²) in [6.07, 6.45) is 4.27.